The molecule has 2 nitrogen and oxygen atoms in total. The van der Waals surface area contributed by atoms with E-state index in [1.54, 1.807) is 0 Å². The van der Waals surface area contributed by atoms with E-state index in [0.717, 1.165) is 18.3 Å². The first-order valence-electron chi connectivity index (χ1n) is 3.95. The molecule has 0 aliphatic heterocycles. The van der Waals surface area contributed by atoms with Gasteiger partial charge in [-0.2, -0.15) is 18.2 Å². The fourth-order valence-electron chi connectivity index (χ4n) is 0.972. The molecular formula is C10H6F3NO. The van der Waals surface area contributed by atoms with Crippen LogP contribution in [0.2, 0.25) is 0 Å². The van der Waals surface area contributed by atoms with Gasteiger partial charge in [-0.1, -0.05) is 12.1 Å². The van der Waals surface area contributed by atoms with Crippen molar-refractivity contribution in [2.75, 3.05) is 0 Å². The van der Waals surface area contributed by atoms with Crippen LogP contribution < -0.4 is 0 Å². The Morgan fingerprint density at radius 1 is 1.33 bits per heavy atom. The predicted octanol–water partition coefficient (Wildman–Crippen LogP) is 3.01. The topological polar surface area (TPSA) is 29.4 Å². The first-order chi connectivity index (χ1) is 7.04. The van der Waals surface area contributed by atoms with Gasteiger partial charge in [-0.15, -0.1) is 0 Å². The minimum Gasteiger partial charge on any atom is -0.211 e. The lowest BCUT2D eigenvalue weighted by molar-refractivity contribution is -0.137. The Hall–Kier alpha value is -1.87. The SMILES string of the molecule is O=C=N/C=C\c1cccc(C(F)(F)F)c1. The maximum atomic E-state index is 12.2. The molecule has 0 amide bonds. The number of isocyanates is 1. The van der Waals surface area contributed by atoms with Crippen LogP contribution in [0.4, 0.5) is 13.2 Å². The highest BCUT2D eigenvalue weighted by Gasteiger charge is 2.30. The average molecular weight is 213 g/mol. The minimum atomic E-state index is -4.36. The summed E-state index contributed by atoms with van der Waals surface area (Å²) in [7, 11) is 0. The van der Waals surface area contributed by atoms with Crippen molar-refractivity contribution in [1.29, 1.82) is 0 Å². The largest absolute Gasteiger partial charge is 0.416 e. The Labute approximate surface area is 83.8 Å². The van der Waals surface area contributed by atoms with Gasteiger partial charge in [0.05, 0.1) is 5.56 Å². The highest BCUT2D eigenvalue weighted by molar-refractivity contribution is 5.52. The molecule has 0 unspecified atom stereocenters. The molecule has 1 aromatic rings. The van der Waals surface area contributed by atoms with Crippen molar-refractivity contribution in [3.63, 3.8) is 0 Å². The maximum Gasteiger partial charge on any atom is 0.416 e. The molecule has 0 heterocycles. The molecule has 0 radical (unpaired) electrons. The van der Waals surface area contributed by atoms with Crippen LogP contribution >= 0.6 is 0 Å². The van der Waals surface area contributed by atoms with Gasteiger partial charge in [0.15, 0.2) is 0 Å². The quantitative estimate of drug-likeness (QED) is 0.548. The number of rotatable bonds is 2. The van der Waals surface area contributed by atoms with Crippen molar-refractivity contribution < 1.29 is 18.0 Å². The zero-order valence-corrected chi connectivity index (χ0v) is 7.45. The number of alkyl halides is 3. The van der Waals surface area contributed by atoms with E-state index in [-0.39, 0.29) is 0 Å². The molecule has 1 aromatic carbocycles. The van der Waals surface area contributed by atoms with Crippen LogP contribution in [0.15, 0.2) is 35.5 Å². The first kappa shape index (κ1) is 11.2. The van der Waals surface area contributed by atoms with Gasteiger partial charge in [0.2, 0.25) is 6.08 Å². The monoisotopic (exact) mass is 213 g/mol. The summed E-state index contributed by atoms with van der Waals surface area (Å²) in [6, 6.07) is 4.70. The Kier molecular flexibility index (Phi) is 3.42. The van der Waals surface area contributed by atoms with Crippen molar-refractivity contribution in [2.45, 2.75) is 6.18 Å². The summed E-state index contributed by atoms with van der Waals surface area (Å²) in [5.74, 6) is 0. The number of carbonyl (C=O) groups excluding carboxylic acids is 1. The van der Waals surface area contributed by atoms with Gasteiger partial charge in [0.25, 0.3) is 0 Å². The molecular weight excluding hydrogens is 207 g/mol. The summed E-state index contributed by atoms with van der Waals surface area (Å²) in [5.41, 5.74) is -0.413. The van der Waals surface area contributed by atoms with Crippen LogP contribution in [0.3, 0.4) is 0 Å². The van der Waals surface area contributed by atoms with Crippen LogP contribution in [0.1, 0.15) is 11.1 Å². The van der Waals surface area contributed by atoms with Gasteiger partial charge in [-0.3, -0.25) is 0 Å². The Balaban J connectivity index is 2.98. The van der Waals surface area contributed by atoms with Gasteiger partial charge >= 0.3 is 6.18 Å². The number of halogens is 3. The van der Waals surface area contributed by atoms with Gasteiger partial charge in [-0.05, 0) is 23.8 Å². The summed E-state index contributed by atoms with van der Waals surface area (Å²) in [6.45, 7) is 0. The number of aliphatic imine (C=N–C) groups is 1. The van der Waals surface area contributed by atoms with Crippen LogP contribution in [0.5, 0.6) is 0 Å². The molecule has 78 valence electrons. The fraction of sp³-hybridized carbons (Fsp3) is 0.100. The van der Waals surface area contributed by atoms with E-state index in [0.29, 0.717) is 5.56 Å². The van der Waals surface area contributed by atoms with Crippen molar-refractivity contribution in [3.05, 3.63) is 41.6 Å². The smallest absolute Gasteiger partial charge is 0.211 e. The Morgan fingerprint density at radius 3 is 2.67 bits per heavy atom. The summed E-state index contributed by atoms with van der Waals surface area (Å²) < 4.78 is 36.7. The first-order valence-corrected chi connectivity index (χ1v) is 3.95. The number of nitrogens with zero attached hydrogens (tertiary/aromatic N) is 1. The maximum absolute atomic E-state index is 12.2. The van der Waals surface area contributed by atoms with Crippen LogP contribution in [0.25, 0.3) is 6.08 Å². The van der Waals surface area contributed by atoms with Crippen LogP contribution in [-0.2, 0) is 11.0 Å². The third kappa shape index (κ3) is 3.40. The molecule has 0 N–H and O–H groups in total. The van der Waals surface area contributed by atoms with Crippen LogP contribution in [-0.4, -0.2) is 6.08 Å². The van der Waals surface area contributed by atoms with Crippen molar-refractivity contribution in [1.82, 2.24) is 0 Å². The molecule has 0 bridgehead atoms. The molecule has 0 atom stereocenters. The molecule has 0 saturated heterocycles. The second-order valence-electron chi connectivity index (χ2n) is 2.66. The summed E-state index contributed by atoms with van der Waals surface area (Å²) in [6.07, 6.45) is -0.737. The van der Waals surface area contributed by atoms with Crippen molar-refractivity contribution >= 4 is 12.2 Å². The van der Waals surface area contributed by atoms with E-state index in [1.807, 2.05) is 0 Å². The standard InChI is InChI=1S/C10H6F3NO/c11-10(12,13)9-3-1-2-8(6-9)4-5-14-7-15/h1-6H/b5-4-. The van der Waals surface area contributed by atoms with Gasteiger partial charge in [0, 0.05) is 6.20 Å². The normalized spacial score (nSPS) is 11.4. The van der Waals surface area contributed by atoms with E-state index in [4.69, 9.17) is 0 Å². The molecule has 0 aliphatic rings. The second-order valence-corrected chi connectivity index (χ2v) is 2.66. The minimum absolute atomic E-state index is 0.323. The molecule has 0 aliphatic carbocycles. The van der Waals surface area contributed by atoms with Crippen molar-refractivity contribution in [3.8, 4) is 0 Å². The zero-order chi connectivity index (χ0) is 11.3. The molecule has 0 saturated carbocycles. The third-order valence-corrected chi connectivity index (χ3v) is 1.61. The summed E-state index contributed by atoms with van der Waals surface area (Å²) in [4.78, 5) is 12.8. The molecule has 0 fully saturated rings. The predicted molar refractivity (Wildman–Crippen MR) is 48.6 cm³/mol. The highest BCUT2D eigenvalue weighted by Crippen LogP contribution is 2.29. The number of hydrogen-bond donors (Lipinski definition) is 0. The van der Waals surface area contributed by atoms with E-state index >= 15 is 0 Å². The molecule has 15 heavy (non-hydrogen) atoms. The van der Waals surface area contributed by atoms with Crippen LogP contribution in [0, 0.1) is 0 Å². The lowest BCUT2D eigenvalue weighted by atomic mass is 10.1. The van der Waals surface area contributed by atoms with Gasteiger partial charge < -0.3 is 0 Å². The van der Waals surface area contributed by atoms with E-state index in [2.05, 4.69) is 4.99 Å². The zero-order valence-electron chi connectivity index (χ0n) is 7.45. The molecule has 0 aromatic heterocycles. The van der Waals surface area contributed by atoms with E-state index in [9.17, 15) is 18.0 Å². The molecule has 5 heteroatoms. The van der Waals surface area contributed by atoms with Gasteiger partial charge in [0.1, 0.15) is 0 Å². The number of benzene rings is 1. The lowest BCUT2D eigenvalue weighted by Gasteiger charge is -2.06. The lowest BCUT2D eigenvalue weighted by Crippen LogP contribution is -2.04. The fourth-order valence-corrected chi connectivity index (χ4v) is 0.972. The van der Waals surface area contributed by atoms with E-state index in [1.165, 1.54) is 24.3 Å². The molecule has 1 rings (SSSR count). The second kappa shape index (κ2) is 4.57. The number of hydrogen-bond acceptors (Lipinski definition) is 2. The highest BCUT2D eigenvalue weighted by atomic mass is 19.4. The third-order valence-electron chi connectivity index (χ3n) is 1.61. The summed E-state index contributed by atoms with van der Waals surface area (Å²) >= 11 is 0. The van der Waals surface area contributed by atoms with Crippen molar-refractivity contribution in [2.24, 2.45) is 4.99 Å². The van der Waals surface area contributed by atoms with E-state index < -0.39 is 11.7 Å². The summed E-state index contributed by atoms with van der Waals surface area (Å²) in [5, 5.41) is 0. The van der Waals surface area contributed by atoms with Gasteiger partial charge in [-0.25, -0.2) is 4.79 Å². The Morgan fingerprint density at radius 2 is 2.07 bits per heavy atom. The average Bonchev–Trinajstić information content (AvgIpc) is 2.17. The molecule has 0 spiro atoms. The Bertz CT molecular complexity index is 417.